The number of hydrogen-bond donors (Lipinski definition) is 1. The first-order valence-corrected chi connectivity index (χ1v) is 15.5. The molecule has 0 spiro atoms. The highest BCUT2D eigenvalue weighted by molar-refractivity contribution is 7.89. The zero-order valence-electron chi connectivity index (χ0n) is 20.5. The van der Waals surface area contributed by atoms with E-state index in [2.05, 4.69) is 5.32 Å². The zero-order chi connectivity index (χ0) is 26.0. The fraction of sp³-hybridized carbons (Fsp3) is 0.370. The molecule has 2 aliphatic heterocycles. The van der Waals surface area contributed by atoms with Crippen LogP contribution in [0.25, 0.3) is 10.8 Å². The van der Waals surface area contributed by atoms with Crippen LogP contribution >= 0.6 is 0 Å². The van der Waals surface area contributed by atoms with Crippen molar-refractivity contribution in [3.8, 4) is 0 Å². The first kappa shape index (κ1) is 25.8. The largest absolute Gasteiger partial charge is 0.352 e. The molecule has 0 unspecified atom stereocenters. The van der Waals surface area contributed by atoms with Crippen LogP contribution in [-0.4, -0.2) is 57.5 Å². The molecule has 8 nitrogen and oxygen atoms in total. The summed E-state index contributed by atoms with van der Waals surface area (Å²) in [6, 6.07) is 19.3. The molecule has 0 saturated carbocycles. The summed E-state index contributed by atoms with van der Waals surface area (Å²) in [5, 5.41) is 4.72. The van der Waals surface area contributed by atoms with Gasteiger partial charge in [0.1, 0.15) is 0 Å². The van der Waals surface area contributed by atoms with Gasteiger partial charge in [-0.25, -0.2) is 16.8 Å². The van der Waals surface area contributed by atoms with Gasteiger partial charge in [0.25, 0.3) is 0 Å². The smallest absolute Gasteiger partial charge is 0.243 e. The van der Waals surface area contributed by atoms with Crippen LogP contribution in [0, 0.1) is 5.92 Å². The molecule has 0 aliphatic carbocycles. The predicted octanol–water partition coefficient (Wildman–Crippen LogP) is 3.34. The molecule has 2 saturated heterocycles. The minimum atomic E-state index is -3.72. The molecular weight excluding hydrogens is 510 g/mol. The number of carbonyl (C=O) groups excluding carboxylic acids is 1. The quantitative estimate of drug-likeness (QED) is 0.494. The van der Waals surface area contributed by atoms with Crippen LogP contribution in [0.3, 0.4) is 0 Å². The molecule has 1 amide bonds. The highest BCUT2D eigenvalue weighted by Crippen LogP contribution is 2.27. The van der Waals surface area contributed by atoms with Gasteiger partial charge in [-0.3, -0.25) is 4.79 Å². The van der Waals surface area contributed by atoms with Crippen LogP contribution in [0.1, 0.15) is 31.2 Å². The molecule has 0 radical (unpaired) electrons. The summed E-state index contributed by atoms with van der Waals surface area (Å²) < 4.78 is 55.0. The lowest BCUT2D eigenvalue weighted by atomic mass is 9.99. The number of hydrogen-bond acceptors (Lipinski definition) is 5. The third-order valence-corrected chi connectivity index (χ3v) is 11.0. The second kappa shape index (κ2) is 10.5. The van der Waals surface area contributed by atoms with Crippen molar-refractivity contribution in [2.75, 3.05) is 26.2 Å². The summed E-state index contributed by atoms with van der Waals surface area (Å²) >= 11 is 0. The molecule has 37 heavy (non-hydrogen) atoms. The molecule has 10 heteroatoms. The molecule has 2 heterocycles. The third kappa shape index (κ3) is 5.43. The highest BCUT2D eigenvalue weighted by atomic mass is 32.2. The predicted molar refractivity (Wildman–Crippen MR) is 142 cm³/mol. The fourth-order valence-electron chi connectivity index (χ4n) is 5.04. The van der Waals surface area contributed by atoms with Crippen LogP contribution in [0.5, 0.6) is 0 Å². The number of nitrogens with zero attached hydrogens (tertiary/aromatic N) is 2. The van der Waals surface area contributed by atoms with Gasteiger partial charge < -0.3 is 5.32 Å². The maximum Gasteiger partial charge on any atom is 0.243 e. The maximum atomic E-state index is 13.3. The second-order valence-corrected chi connectivity index (χ2v) is 13.6. The van der Waals surface area contributed by atoms with Crippen LogP contribution < -0.4 is 5.32 Å². The van der Waals surface area contributed by atoms with E-state index in [1.54, 1.807) is 42.5 Å². The molecule has 196 valence electrons. The van der Waals surface area contributed by atoms with E-state index in [1.807, 2.05) is 24.3 Å². The Morgan fingerprint density at radius 3 is 2.11 bits per heavy atom. The second-order valence-electron chi connectivity index (χ2n) is 9.68. The molecule has 5 rings (SSSR count). The average molecular weight is 542 g/mol. The summed E-state index contributed by atoms with van der Waals surface area (Å²) in [6.07, 6.45) is 2.98. The van der Waals surface area contributed by atoms with Gasteiger partial charge in [0.05, 0.1) is 15.7 Å². The van der Waals surface area contributed by atoms with Crippen molar-refractivity contribution in [2.45, 2.75) is 42.0 Å². The van der Waals surface area contributed by atoms with Crippen molar-refractivity contribution >= 4 is 36.7 Å². The third-order valence-electron chi connectivity index (χ3n) is 7.21. The summed E-state index contributed by atoms with van der Waals surface area (Å²) in [5.74, 6) is -0.647. The van der Waals surface area contributed by atoms with E-state index in [0.717, 1.165) is 29.2 Å². The molecule has 2 fully saturated rings. The van der Waals surface area contributed by atoms with Gasteiger partial charge in [0, 0.05) is 32.7 Å². The number of carbonyl (C=O) groups is 1. The zero-order valence-corrected chi connectivity index (χ0v) is 22.2. The molecule has 3 aromatic carbocycles. The Labute approximate surface area is 218 Å². The summed E-state index contributed by atoms with van der Waals surface area (Å²) in [5.41, 5.74) is 0.783. The molecular formula is C27H31N3O5S2. The lowest BCUT2D eigenvalue weighted by molar-refractivity contribution is -0.126. The number of rotatable bonds is 7. The summed E-state index contributed by atoms with van der Waals surface area (Å²) in [6.45, 7) is 1.86. The van der Waals surface area contributed by atoms with E-state index in [1.165, 1.54) is 8.61 Å². The van der Waals surface area contributed by atoms with Gasteiger partial charge >= 0.3 is 0 Å². The van der Waals surface area contributed by atoms with E-state index < -0.39 is 26.0 Å². The van der Waals surface area contributed by atoms with E-state index in [0.29, 0.717) is 32.5 Å². The topological polar surface area (TPSA) is 104 Å². The molecule has 1 atom stereocenters. The Kier molecular flexibility index (Phi) is 7.35. The first-order valence-electron chi connectivity index (χ1n) is 12.6. The SMILES string of the molecule is O=C(NCc1ccc(S(=O)(=O)N2CCCC2)cc1)[C@@H]1CCCN(S(=O)(=O)c2ccc3ccccc3c2)C1. The Balaban J connectivity index is 1.21. The van der Waals surface area contributed by atoms with E-state index in [-0.39, 0.29) is 28.8 Å². The van der Waals surface area contributed by atoms with E-state index in [9.17, 15) is 21.6 Å². The lowest BCUT2D eigenvalue weighted by Gasteiger charge is -2.31. The van der Waals surface area contributed by atoms with Gasteiger partial charge in [-0.05, 0) is 66.3 Å². The van der Waals surface area contributed by atoms with Gasteiger partial charge in [0.15, 0.2) is 0 Å². The van der Waals surface area contributed by atoms with Crippen molar-refractivity contribution in [3.05, 3.63) is 72.3 Å². The van der Waals surface area contributed by atoms with Crippen LogP contribution in [0.2, 0.25) is 0 Å². The average Bonchev–Trinajstić information content (AvgIpc) is 3.48. The Morgan fingerprint density at radius 2 is 1.38 bits per heavy atom. The number of piperidine rings is 1. The van der Waals surface area contributed by atoms with Gasteiger partial charge in [-0.15, -0.1) is 0 Å². The van der Waals surface area contributed by atoms with Gasteiger partial charge in [-0.1, -0.05) is 42.5 Å². The van der Waals surface area contributed by atoms with Gasteiger partial charge in [-0.2, -0.15) is 8.61 Å². The molecule has 0 aromatic heterocycles. The monoisotopic (exact) mass is 541 g/mol. The first-order chi connectivity index (χ1) is 17.7. The van der Waals surface area contributed by atoms with Crippen molar-refractivity contribution in [1.82, 2.24) is 13.9 Å². The summed E-state index contributed by atoms with van der Waals surface area (Å²) in [7, 11) is -7.20. The van der Waals surface area contributed by atoms with Crippen molar-refractivity contribution in [3.63, 3.8) is 0 Å². The van der Waals surface area contributed by atoms with Crippen molar-refractivity contribution in [1.29, 1.82) is 0 Å². The molecule has 1 N–H and O–H groups in total. The standard InChI is InChI=1S/C27H31N3O5S2/c31-27(28-19-21-9-12-25(13-10-21)36(32,33)29-15-3-4-16-29)24-8-5-17-30(20-24)37(34,35)26-14-11-22-6-1-2-7-23(22)18-26/h1-2,6-7,9-14,18,24H,3-5,8,15-17,19-20H2,(H,28,31)/t24-/m1/s1. The minimum absolute atomic E-state index is 0.133. The minimum Gasteiger partial charge on any atom is -0.352 e. The van der Waals surface area contributed by atoms with Gasteiger partial charge in [0.2, 0.25) is 26.0 Å². The maximum absolute atomic E-state index is 13.3. The van der Waals surface area contributed by atoms with Crippen LogP contribution in [0.15, 0.2) is 76.5 Å². The number of fused-ring (bicyclic) bond motifs is 1. The molecule has 2 aliphatic rings. The Morgan fingerprint density at radius 1 is 0.757 bits per heavy atom. The molecule has 3 aromatic rings. The number of nitrogens with one attached hydrogen (secondary N) is 1. The highest BCUT2D eigenvalue weighted by Gasteiger charge is 2.33. The van der Waals surface area contributed by atoms with Crippen molar-refractivity contribution in [2.24, 2.45) is 5.92 Å². The van der Waals surface area contributed by atoms with Crippen molar-refractivity contribution < 1.29 is 21.6 Å². The van der Waals surface area contributed by atoms with E-state index in [4.69, 9.17) is 0 Å². The van der Waals surface area contributed by atoms with Crippen LogP contribution in [0.4, 0.5) is 0 Å². The number of amides is 1. The number of benzene rings is 3. The Bertz CT molecular complexity index is 1500. The fourth-order valence-corrected chi connectivity index (χ4v) is 8.12. The lowest BCUT2D eigenvalue weighted by Crippen LogP contribution is -2.45. The van der Waals surface area contributed by atoms with Crippen LogP contribution in [-0.2, 0) is 31.4 Å². The van der Waals surface area contributed by atoms with E-state index >= 15 is 0 Å². The summed E-state index contributed by atoms with van der Waals surface area (Å²) in [4.78, 5) is 13.4. The Hall–Kier alpha value is -2.79. The normalized spacial score (nSPS) is 19.7. The number of sulfonamides is 2. The molecule has 0 bridgehead atoms.